The van der Waals surface area contributed by atoms with Crippen LogP contribution in [0.2, 0.25) is 0 Å². The molecule has 4 heteroatoms. The van der Waals surface area contributed by atoms with Gasteiger partial charge in [-0.15, -0.1) is 0 Å². The monoisotopic (exact) mass is 415 g/mol. The molecule has 1 unspecified atom stereocenters. The Labute approximate surface area is 186 Å². The highest BCUT2D eigenvalue weighted by Crippen LogP contribution is 2.48. The fourth-order valence-electron chi connectivity index (χ4n) is 4.78. The average Bonchev–Trinajstić information content (AvgIpc) is 2.79. The largest absolute Gasteiger partial charge is 0.399 e. The molecule has 0 saturated heterocycles. The zero-order chi connectivity index (χ0) is 22.0. The normalized spacial score (nSPS) is 15.5. The number of rotatable bonds is 7. The number of nitrogens with two attached hydrogens (primary N) is 2. The molecule has 0 spiro atoms. The van der Waals surface area contributed by atoms with Crippen LogP contribution in [0.3, 0.4) is 0 Å². The number of fused-ring (bicyclic) bond motifs is 3. The summed E-state index contributed by atoms with van der Waals surface area (Å²) in [5.74, 6) is 0. The molecule has 0 bridgehead atoms. The summed E-state index contributed by atoms with van der Waals surface area (Å²) in [4.78, 5) is 2.54. The van der Waals surface area contributed by atoms with Crippen molar-refractivity contribution in [3.63, 3.8) is 0 Å². The van der Waals surface area contributed by atoms with Crippen molar-refractivity contribution < 1.29 is 4.48 Å². The van der Waals surface area contributed by atoms with Gasteiger partial charge in [0.05, 0.1) is 32.7 Å². The van der Waals surface area contributed by atoms with Gasteiger partial charge in [-0.1, -0.05) is 42.5 Å². The Kier molecular flexibility index (Phi) is 5.92. The first-order valence-electron chi connectivity index (χ1n) is 11.4. The number of quaternary nitrogens is 1. The molecule has 4 nitrogen and oxygen atoms in total. The maximum atomic E-state index is 6.26. The first-order valence-corrected chi connectivity index (χ1v) is 11.4. The summed E-state index contributed by atoms with van der Waals surface area (Å²) in [5.41, 5.74) is 20.4. The molecule has 3 aromatic carbocycles. The molecule has 0 aliphatic carbocycles. The third-order valence-corrected chi connectivity index (χ3v) is 7.04. The van der Waals surface area contributed by atoms with Crippen LogP contribution in [0.15, 0.2) is 66.7 Å². The lowest BCUT2D eigenvalue weighted by Gasteiger charge is -2.42. The minimum absolute atomic E-state index is 0.121. The molecule has 1 heterocycles. The molecule has 0 amide bonds. The molecule has 162 valence electrons. The smallest absolute Gasteiger partial charge is 0.0802 e. The maximum absolute atomic E-state index is 6.26. The summed E-state index contributed by atoms with van der Waals surface area (Å²) in [6.07, 6.45) is 1.12. The highest BCUT2D eigenvalue weighted by molar-refractivity contribution is 5.88. The minimum Gasteiger partial charge on any atom is -0.399 e. The Balaban J connectivity index is 1.81. The molecule has 0 aromatic heterocycles. The first-order chi connectivity index (χ1) is 15.0. The Bertz CT molecular complexity index is 1040. The second-order valence-electron chi connectivity index (χ2n) is 8.96. The predicted molar refractivity (Wildman–Crippen MR) is 133 cm³/mol. The molecule has 0 saturated carbocycles. The van der Waals surface area contributed by atoms with Crippen molar-refractivity contribution >= 4 is 17.1 Å². The molecular formula is C27H35N4+. The summed E-state index contributed by atoms with van der Waals surface area (Å²) in [7, 11) is 2.35. The van der Waals surface area contributed by atoms with Gasteiger partial charge in [-0.2, -0.15) is 0 Å². The highest BCUT2D eigenvalue weighted by Gasteiger charge is 2.32. The zero-order valence-electron chi connectivity index (χ0n) is 19.0. The van der Waals surface area contributed by atoms with E-state index in [-0.39, 0.29) is 6.04 Å². The second-order valence-corrected chi connectivity index (χ2v) is 8.96. The van der Waals surface area contributed by atoms with Crippen molar-refractivity contribution in [1.82, 2.24) is 0 Å². The van der Waals surface area contributed by atoms with E-state index >= 15 is 0 Å². The molecule has 1 atom stereocenters. The third-order valence-electron chi connectivity index (χ3n) is 7.04. The SMILES string of the molecule is CC[N+](C)(CC)CCCN1c2cc(N)ccc2-c2ccc(N)cc2C1c1ccccc1. The Morgan fingerprint density at radius 1 is 0.839 bits per heavy atom. The van der Waals surface area contributed by atoms with Gasteiger partial charge in [-0.05, 0) is 54.8 Å². The van der Waals surface area contributed by atoms with Gasteiger partial charge in [0.1, 0.15) is 0 Å². The lowest BCUT2D eigenvalue weighted by atomic mass is 9.84. The van der Waals surface area contributed by atoms with Crippen LogP contribution in [0.1, 0.15) is 37.4 Å². The van der Waals surface area contributed by atoms with Crippen molar-refractivity contribution in [2.24, 2.45) is 0 Å². The van der Waals surface area contributed by atoms with Gasteiger partial charge in [-0.25, -0.2) is 0 Å². The fraction of sp³-hybridized carbons (Fsp3) is 0.333. The number of nitrogen functional groups attached to an aromatic ring is 2. The molecule has 0 fully saturated rings. The van der Waals surface area contributed by atoms with Crippen LogP contribution in [-0.4, -0.2) is 37.7 Å². The molecule has 3 aromatic rings. The van der Waals surface area contributed by atoms with Crippen LogP contribution in [0, 0.1) is 0 Å². The van der Waals surface area contributed by atoms with Crippen LogP contribution in [-0.2, 0) is 0 Å². The van der Waals surface area contributed by atoms with E-state index in [0.717, 1.165) is 48.5 Å². The van der Waals surface area contributed by atoms with Crippen LogP contribution < -0.4 is 16.4 Å². The van der Waals surface area contributed by atoms with Crippen LogP contribution in [0.25, 0.3) is 11.1 Å². The van der Waals surface area contributed by atoms with Crippen molar-refractivity contribution in [3.05, 3.63) is 77.9 Å². The lowest BCUT2D eigenvalue weighted by molar-refractivity contribution is -0.906. The number of hydrogen-bond donors (Lipinski definition) is 2. The fourth-order valence-corrected chi connectivity index (χ4v) is 4.78. The zero-order valence-corrected chi connectivity index (χ0v) is 19.0. The van der Waals surface area contributed by atoms with Crippen molar-refractivity contribution in [2.75, 3.05) is 49.6 Å². The van der Waals surface area contributed by atoms with E-state index in [1.807, 2.05) is 12.1 Å². The maximum Gasteiger partial charge on any atom is 0.0802 e. The number of nitrogens with zero attached hydrogens (tertiary/aromatic N) is 2. The van der Waals surface area contributed by atoms with Gasteiger partial charge in [-0.3, -0.25) is 0 Å². The molecule has 1 aliphatic heterocycles. The summed E-state index contributed by atoms with van der Waals surface area (Å²) >= 11 is 0. The van der Waals surface area contributed by atoms with Gasteiger partial charge in [0, 0.05) is 35.6 Å². The van der Waals surface area contributed by atoms with E-state index in [2.05, 4.69) is 80.4 Å². The second kappa shape index (κ2) is 8.64. The van der Waals surface area contributed by atoms with E-state index in [9.17, 15) is 0 Å². The van der Waals surface area contributed by atoms with Gasteiger partial charge in [0.2, 0.25) is 0 Å². The van der Waals surface area contributed by atoms with Crippen molar-refractivity contribution in [2.45, 2.75) is 26.3 Å². The van der Waals surface area contributed by atoms with E-state index < -0.39 is 0 Å². The molecule has 4 rings (SSSR count). The van der Waals surface area contributed by atoms with Crippen LogP contribution in [0.5, 0.6) is 0 Å². The van der Waals surface area contributed by atoms with E-state index in [4.69, 9.17) is 11.5 Å². The Morgan fingerprint density at radius 3 is 2.16 bits per heavy atom. The molecule has 31 heavy (non-hydrogen) atoms. The van der Waals surface area contributed by atoms with Gasteiger partial charge < -0.3 is 20.9 Å². The van der Waals surface area contributed by atoms with Crippen LogP contribution in [0.4, 0.5) is 17.1 Å². The van der Waals surface area contributed by atoms with E-state index in [0.29, 0.717) is 0 Å². The standard InChI is InChI=1S/C27H35N4/c1-4-31(3,5-2)17-9-16-30-26-19-22(29)13-15-24(26)23-14-12-21(28)18-25(23)27(30)20-10-7-6-8-11-20/h6-8,10-15,18-19,27H,4-5,9,16-17,28-29H2,1-3H3/q+1. The van der Waals surface area contributed by atoms with Gasteiger partial charge >= 0.3 is 0 Å². The Hall–Kier alpha value is -2.98. The Morgan fingerprint density at radius 2 is 1.48 bits per heavy atom. The highest BCUT2D eigenvalue weighted by atomic mass is 15.3. The quantitative estimate of drug-likeness (QED) is 0.406. The number of benzene rings is 3. The van der Waals surface area contributed by atoms with E-state index in [1.165, 1.54) is 27.9 Å². The van der Waals surface area contributed by atoms with Crippen molar-refractivity contribution in [1.29, 1.82) is 0 Å². The van der Waals surface area contributed by atoms with Crippen molar-refractivity contribution in [3.8, 4) is 11.1 Å². The minimum atomic E-state index is 0.121. The molecule has 0 radical (unpaired) electrons. The number of anilines is 3. The third kappa shape index (κ3) is 4.13. The number of hydrogen-bond acceptors (Lipinski definition) is 3. The van der Waals surface area contributed by atoms with E-state index in [1.54, 1.807) is 0 Å². The molecule has 1 aliphatic rings. The summed E-state index contributed by atoms with van der Waals surface area (Å²) < 4.78 is 1.09. The summed E-state index contributed by atoms with van der Waals surface area (Å²) in [6.45, 7) is 9.01. The predicted octanol–water partition coefficient (Wildman–Crippen LogP) is 5.30. The molecule has 4 N–H and O–H groups in total. The summed E-state index contributed by atoms with van der Waals surface area (Å²) in [6, 6.07) is 23.5. The lowest BCUT2D eigenvalue weighted by Crippen LogP contribution is -2.45. The van der Waals surface area contributed by atoms with Crippen LogP contribution >= 0.6 is 0 Å². The topological polar surface area (TPSA) is 55.3 Å². The van der Waals surface area contributed by atoms with Gasteiger partial charge in [0.15, 0.2) is 0 Å². The average molecular weight is 416 g/mol. The summed E-state index contributed by atoms with van der Waals surface area (Å²) in [5, 5.41) is 0. The molecular weight excluding hydrogens is 380 g/mol. The first kappa shape index (κ1) is 21.3. The van der Waals surface area contributed by atoms with Gasteiger partial charge in [0.25, 0.3) is 0 Å².